The maximum Gasteiger partial charge on any atom is 0.274 e. The molecule has 1 saturated heterocycles. The van der Waals surface area contributed by atoms with Crippen LogP contribution in [0.1, 0.15) is 48.9 Å². The third-order valence-corrected chi connectivity index (χ3v) is 3.71. The molecule has 1 aromatic heterocycles. The van der Waals surface area contributed by atoms with E-state index in [0.717, 1.165) is 12.8 Å². The van der Waals surface area contributed by atoms with E-state index in [0.29, 0.717) is 36.2 Å². The molecule has 0 radical (unpaired) electrons. The Kier molecular flexibility index (Phi) is 4.54. The molecule has 1 aliphatic heterocycles. The van der Waals surface area contributed by atoms with Gasteiger partial charge in [0.1, 0.15) is 5.82 Å². The Morgan fingerprint density at radius 3 is 2.70 bits per heavy atom. The Balaban J connectivity index is 2.15. The molecule has 0 bridgehead atoms. The molecule has 1 fully saturated rings. The first-order chi connectivity index (χ1) is 9.52. The fraction of sp³-hybridized carbons (Fsp3) is 0.643. The summed E-state index contributed by atoms with van der Waals surface area (Å²) in [5.74, 6) is 0.950. The average molecular weight is 278 g/mol. The lowest BCUT2D eigenvalue weighted by Gasteiger charge is -2.31. The monoisotopic (exact) mass is 278 g/mol. The van der Waals surface area contributed by atoms with E-state index in [1.54, 1.807) is 4.90 Å². The third-order valence-electron chi connectivity index (χ3n) is 3.71. The number of carbonyl (C=O) groups excluding carboxylic acids is 1. The van der Waals surface area contributed by atoms with Crippen molar-refractivity contribution in [1.82, 2.24) is 14.9 Å². The van der Waals surface area contributed by atoms with Gasteiger partial charge in [0.05, 0.1) is 11.9 Å². The zero-order valence-corrected chi connectivity index (χ0v) is 12.0. The Morgan fingerprint density at radius 2 is 2.15 bits per heavy atom. The number of aliphatic hydroxyl groups excluding tert-OH is 1. The van der Waals surface area contributed by atoms with E-state index in [4.69, 9.17) is 10.8 Å². The van der Waals surface area contributed by atoms with Gasteiger partial charge < -0.3 is 15.7 Å². The molecular formula is C14H22N4O2. The summed E-state index contributed by atoms with van der Waals surface area (Å²) in [4.78, 5) is 22.7. The Bertz CT molecular complexity index is 482. The van der Waals surface area contributed by atoms with Crippen molar-refractivity contribution >= 4 is 11.6 Å². The van der Waals surface area contributed by atoms with Gasteiger partial charge in [0.15, 0.2) is 5.69 Å². The molecule has 0 atom stereocenters. The molecule has 0 saturated carbocycles. The minimum absolute atomic E-state index is 0.136. The van der Waals surface area contributed by atoms with Crippen LogP contribution in [0, 0.1) is 5.92 Å². The minimum Gasteiger partial charge on any atom is -0.396 e. The van der Waals surface area contributed by atoms with Crippen LogP contribution in [0.2, 0.25) is 0 Å². The zero-order chi connectivity index (χ0) is 14.7. The largest absolute Gasteiger partial charge is 0.396 e. The third kappa shape index (κ3) is 3.07. The predicted octanol–water partition coefficient (Wildman–Crippen LogP) is 1.03. The Labute approximate surface area is 119 Å². The molecule has 110 valence electrons. The molecule has 1 amide bonds. The highest BCUT2D eigenvalue weighted by Gasteiger charge is 2.25. The van der Waals surface area contributed by atoms with E-state index in [2.05, 4.69) is 9.97 Å². The summed E-state index contributed by atoms with van der Waals surface area (Å²) >= 11 is 0. The fourth-order valence-corrected chi connectivity index (χ4v) is 2.32. The van der Waals surface area contributed by atoms with E-state index in [1.807, 2.05) is 13.8 Å². The molecule has 6 nitrogen and oxygen atoms in total. The van der Waals surface area contributed by atoms with Gasteiger partial charge in [-0.1, -0.05) is 13.8 Å². The molecule has 1 aromatic rings. The highest BCUT2D eigenvalue weighted by molar-refractivity contribution is 5.97. The van der Waals surface area contributed by atoms with Crippen LogP contribution in [0.25, 0.3) is 0 Å². The highest BCUT2D eigenvalue weighted by atomic mass is 16.3. The number of rotatable bonds is 3. The SMILES string of the molecule is CC(C)c1ncc(N)c(C(=O)N2CCC(CO)CC2)n1. The van der Waals surface area contributed by atoms with Crippen LogP contribution < -0.4 is 5.73 Å². The van der Waals surface area contributed by atoms with Crippen LogP contribution in [0.4, 0.5) is 5.69 Å². The highest BCUT2D eigenvalue weighted by Crippen LogP contribution is 2.20. The summed E-state index contributed by atoms with van der Waals surface area (Å²) in [6, 6.07) is 0. The second kappa shape index (κ2) is 6.17. The molecule has 0 unspecified atom stereocenters. The standard InChI is InChI=1S/C14H22N4O2/c1-9(2)13-16-7-11(15)12(17-13)14(20)18-5-3-10(8-19)4-6-18/h7,9-10,19H,3-6,8,15H2,1-2H3. The van der Waals surface area contributed by atoms with Gasteiger partial charge in [-0.2, -0.15) is 0 Å². The first-order valence-electron chi connectivity index (χ1n) is 7.05. The van der Waals surface area contributed by atoms with Crippen molar-refractivity contribution < 1.29 is 9.90 Å². The van der Waals surface area contributed by atoms with E-state index >= 15 is 0 Å². The summed E-state index contributed by atoms with van der Waals surface area (Å²) < 4.78 is 0. The zero-order valence-electron chi connectivity index (χ0n) is 12.0. The molecule has 2 heterocycles. The first-order valence-corrected chi connectivity index (χ1v) is 7.05. The molecule has 0 aliphatic carbocycles. The quantitative estimate of drug-likeness (QED) is 0.861. The van der Waals surface area contributed by atoms with Gasteiger partial charge in [-0.3, -0.25) is 4.79 Å². The number of nitrogens with zero attached hydrogens (tertiary/aromatic N) is 3. The van der Waals surface area contributed by atoms with Crippen LogP contribution in [0.3, 0.4) is 0 Å². The van der Waals surface area contributed by atoms with E-state index in [-0.39, 0.29) is 18.4 Å². The van der Waals surface area contributed by atoms with Crippen LogP contribution in [0.15, 0.2) is 6.20 Å². The molecule has 2 rings (SSSR count). The van der Waals surface area contributed by atoms with Crippen molar-refractivity contribution in [2.24, 2.45) is 5.92 Å². The van der Waals surface area contributed by atoms with Crippen molar-refractivity contribution in [3.63, 3.8) is 0 Å². The van der Waals surface area contributed by atoms with E-state index < -0.39 is 0 Å². The maximum atomic E-state index is 12.5. The first kappa shape index (κ1) is 14.7. The van der Waals surface area contributed by atoms with Gasteiger partial charge in [-0.15, -0.1) is 0 Å². The van der Waals surface area contributed by atoms with Crippen molar-refractivity contribution in [2.45, 2.75) is 32.6 Å². The minimum atomic E-state index is -0.136. The maximum absolute atomic E-state index is 12.5. The Morgan fingerprint density at radius 1 is 1.50 bits per heavy atom. The van der Waals surface area contributed by atoms with Gasteiger partial charge >= 0.3 is 0 Å². The predicted molar refractivity (Wildman–Crippen MR) is 76.2 cm³/mol. The number of hydrogen-bond acceptors (Lipinski definition) is 5. The number of amides is 1. The fourth-order valence-electron chi connectivity index (χ4n) is 2.32. The van der Waals surface area contributed by atoms with Crippen molar-refractivity contribution in [3.05, 3.63) is 17.7 Å². The van der Waals surface area contributed by atoms with Crippen LogP contribution in [0.5, 0.6) is 0 Å². The van der Waals surface area contributed by atoms with Crippen LogP contribution in [-0.2, 0) is 0 Å². The van der Waals surface area contributed by atoms with Crippen molar-refractivity contribution in [2.75, 3.05) is 25.4 Å². The number of anilines is 1. The molecule has 20 heavy (non-hydrogen) atoms. The molecule has 6 heteroatoms. The topological polar surface area (TPSA) is 92.3 Å². The molecule has 3 N–H and O–H groups in total. The van der Waals surface area contributed by atoms with Crippen molar-refractivity contribution in [3.8, 4) is 0 Å². The number of hydrogen-bond donors (Lipinski definition) is 2. The average Bonchev–Trinajstić information content (AvgIpc) is 2.47. The number of nitrogen functional groups attached to an aromatic ring is 1. The number of aliphatic hydroxyl groups is 1. The van der Waals surface area contributed by atoms with Gasteiger partial charge in [0.2, 0.25) is 0 Å². The molecular weight excluding hydrogens is 256 g/mol. The summed E-state index contributed by atoms with van der Waals surface area (Å²) in [5, 5.41) is 9.13. The van der Waals surface area contributed by atoms with E-state index in [9.17, 15) is 4.79 Å². The van der Waals surface area contributed by atoms with E-state index in [1.165, 1.54) is 6.20 Å². The number of carbonyl (C=O) groups is 1. The summed E-state index contributed by atoms with van der Waals surface area (Å²) in [6.07, 6.45) is 3.16. The van der Waals surface area contributed by atoms with Crippen LogP contribution in [-0.4, -0.2) is 45.6 Å². The van der Waals surface area contributed by atoms with Crippen LogP contribution >= 0.6 is 0 Å². The second-order valence-corrected chi connectivity index (χ2v) is 5.61. The molecule has 1 aliphatic rings. The van der Waals surface area contributed by atoms with Crippen molar-refractivity contribution in [1.29, 1.82) is 0 Å². The normalized spacial score (nSPS) is 16.7. The summed E-state index contributed by atoms with van der Waals surface area (Å²) in [6.45, 7) is 5.43. The lowest BCUT2D eigenvalue weighted by atomic mass is 9.97. The lowest BCUT2D eigenvalue weighted by Crippen LogP contribution is -2.40. The van der Waals surface area contributed by atoms with Gasteiger partial charge in [-0.05, 0) is 18.8 Å². The lowest BCUT2D eigenvalue weighted by molar-refractivity contribution is 0.0645. The molecule has 0 aromatic carbocycles. The number of piperidine rings is 1. The smallest absolute Gasteiger partial charge is 0.274 e. The number of aromatic nitrogens is 2. The second-order valence-electron chi connectivity index (χ2n) is 5.61. The van der Waals surface area contributed by atoms with Gasteiger partial charge in [0.25, 0.3) is 5.91 Å². The number of nitrogens with two attached hydrogens (primary N) is 1. The van der Waals surface area contributed by atoms with Gasteiger partial charge in [0, 0.05) is 25.6 Å². The van der Waals surface area contributed by atoms with Gasteiger partial charge in [-0.25, -0.2) is 9.97 Å². The Hall–Kier alpha value is -1.69. The summed E-state index contributed by atoms with van der Waals surface area (Å²) in [7, 11) is 0. The number of likely N-dealkylation sites (tertiary alicyclic amines) is 1. The summed E-state index contributed by atoms with van der Waals surface area (Å²) in [5.41, 5.74) is 6.46. The molecule has 0 spiro atoms.